The molecule has 72 valence electrons. The summed E-state index contributed by atoms with van der Waals surface area (Å²) in [5.74, 6) is 0.809. The van der Waals surface area contributed by atoms with E-state index in [2.05, 4.69) is 10.3 Å². The lowest BCUT2D eigenvalue weighted by Crippen LogP contribution is -2.05. The van der Waals surface area contributed by atoms with Gasteiger partial charge in [-0.25, -0.2) is 4.98 Å². The number of nitrogens with zero attached hydrogens (tertiary/aromatic N) is 1. The summed E-state index contributed by atoms with van der Waals surface area (Å²) in [6.07, 6.45) is 0.963. The minimum absolute atomic E-state index is 0.511. The molecule has 0 fully saturated rings. The molecule has 0 aliphatic heterocycles. The lowest BCUT2D eigenvalue weighted by atomic mass is 10.4. The van der Waals surface area contributed by atoms with E-state index in [4.69, 9.17) is 16.3 Å². The van der Waals surface area contributed by atoms with Crippen molar-refractivity contribution in [3.63, 3.8) is 0 Å². The van der Waals surface area contributed by atoms with Crippen LogP contribution < -0.4 is 5.32 Å². The predicted molar refractivity (Wildman–Crippen MR) is 54.2 cm³/mol. The molecule has 13 heavy (non-hydrogen) atoms. The van der Waals surface area contributed by atoms with Crippen molar-refractivity contribution in [3.8, 4) is 0 Å². The van der Waals surface area contributed by atoms with Crippen molar-refractivity contribution in [2.75, 3.05) is 25.6 Å². The van der Waals surface area contributed by atoms with E-state index in [1.165, 1.54) is 0 Å². The molecule has 0 saturated heterocycles. The van der Waals surface area contributed by atoms with Gasteiger partial charge in [0.25, 0.3) is 0 Å². The average Bonchev–Trinajstić information content (AvgIpc) is 2.13. The zero-order valence-corrected chi connectivity index (χ0v) is 8.34. The molecule has 4 heteroatoms. The Labute approximate surface area is 83.1 Å². The van der Waals surface area contributed by atoms with Gasteiger partial charge < -0.3 is 10.1 Å². The average molecular weight is 201 g/mol. The molecule has 1 heterocycles. The van der Waals surface area contributed by atoms with Gasteiger partial charge >= 0.3 is 0 Å². The summed E-state index contributed by atoms with van der Waals surface area (Å²) in [4.78, 5) is 4.08. The molecular weight excluding hydrogens is 188 g/mol. The fourth-order valence-electron chi connectivity index (χ4n) is 0.940. The molecule has 0 spiro atoms. The Morgan fingerprint density at radius 3 is 3.08 bits per heavy atom. The number of ether oxygens (including phenoxy) is 1. The number of hydrogen-bond donors (Lipinski definition) is 1. The number of aromatic nitrogens is 1. The Bertz CT molecular complexity index is 255. The Balaban J connectivity index is 2.28. The number of anilines is 1. The van der Waals surface area contributed by atoms with Gasteiger partial charge in [0.05, 0.1) is 0 Å². The van der Waals surface area contributed by atoms with Gasteiger partial charge in [-0.15, -0.1) is 0 Å². The van der Waals surface area contributed by atoms with Crippen LogP contribution in [0.1, 0.15) is 6.42 Å². The first-order valence-corrected chi connectivity index (χ1v) is 4.56. The van der Waals surface area contributed by atoms with Gasteiger partial charge in [0.2, 0.25) is 0 Å². The van der Waals surface area contributed by atoms with Gasteiger partial charge in [-0.3, -0.25) is 0 Å². The van der Waals surface area contributed by atoms with E-state index in [1.54, 1.807) is 13.2 Å². The summed E-state index contributed by atoms with van der Waals surface area (Å²) in [6, 6.07) is 5.51. The second-order valence-corrected chi connectivity index (χ2v) is 3.01. The molecule has 1 rings (SSSR count). The van der Waals surface area contributed by atoms with Crippen molar-refractivity contribution < 1.29 is 4.74 Å². The summed E-state index contributed by atoms with van der Waals surface area (Å²) in [7, 11) is 1.69. The number of rotatable bonds is 5. The van der Waals surface area contributed by atoms with Crippen LogP contribution in [0.3, 0.4) is 0 Å². The summed E-state index contributed by atoms with van der Waals surface area (Å²) in [6.45, 7) is 1.61. The minimum atomic E-state index is 0.511. The van der Waals surface area contributed by atoms with Crippen molar-refractivity contribution in [3.05, 3.63) is 23.4 Å². The van der Waals surface area contributed by atoms with Gasteiger partial charge in [0.15, 0.2) is 0 Å². The van der Waals surface area contributed by atoms with Crippen molar-refractivity contribution in [1.29, 1.82) is 0 Å². The second kappa shape index (κ2) is 5.78. The van der Waals surface area contributed by atoms with Crippen molar-refractivity contribution in [2.45, 2.75) is 6.42 Å². The fraction of sp³-hybridized carbons (Fsp3) is 0.444. The van der Waals surface area contributed by atoms with Crippen molar-refractivity contribution in [1.82, 2.24) is 4.98 Å². The molecule has 0 aliphatic carbocycles. The number of pyridine rings is 1. The highest BCUT2D eigenvalue weighted by molar-refractivity contribution is 6.29. The molecular formula is C9H13ClN2O. The van der Waals surface area contributed by atoms with Gasteiger partial charge in [0.1, 0.15) is 11.0 Å². The van der Waals surface area contributed by atoms with E-state index in [-0.39, 0.29) is 0 Å². The van der Waals surface area contributed by atoms with Crippen LogP contribution in [-0.4, -0.2) is 25.2 Å². The molecule has 0 saturated carbocycles. The molecule has 0 radical (unpaired) electrons. The maximum absolute atomic E-state index is 5.71. The van der Waals surface area contributed by atoms with E-state index >= 15 is 0 Å². The van der Waals surface area contributed by atoms with E-state index in [0.717, 1.165) is 25.4 Å². The first-order valence-electron chi connectivity index (χ1n) is 4.18. The molecule has 1 N–H and O–H groups in total. The van der Waals surface area contributed by atoms with Gasteiger partial charge in [-0.1, -0.05) is 17.7 Å². The number of methoxy groups -OCH3 is 1. The molecule has 0 amide bonds. The number of halogens is 1. The first kappa shape index (κ1) is 10.3. The van der Waals surface area contributed by atoms with E-state index in [1.807, 2.05) is 12.1 Å². The summed E-state index contributed by atoms with van der Waals surface area (Å²) >= 11 is 5.71. The Hall–Kier alpha value is -0.800. The van der Waals surface area contributed by atoms with Crippen LogP contribution in [-0.2, 0) is 4.74 Å². The minimum Gasteiger partial charge on any atom is -0.385 e. The maximum Gasteiger partial charge on any atom is 0.131 e. The first-order chi connectivity index (χ1) is 6.33. The lowest BCUT2D eigenvalue weighted by Gasteiger charge is -2.04. The highest BCUT2D eigenvalue weighted by Crippen LogP contribution is 2.08. The lowest BCUT2D eigenvalue weighted by molar-refractivity contribution is 0.198. The summed E-state index contributed by atoms with van der Waals surface area (Å²) < 4.78 is 4.92. The predicted octanol–water partition coefficient (Wildman–Crippen LogP) is 2.18. The third kappa shape index (κ3) is 4.10. The Morgan fingerprint density at radius 1 is 1.54 bits per heavy atom. The molecule has 0 atom stereocenters. The van der Waals surface area contributed by atoms with Crippen LogP contribution in [0.15, 0.2) is 18.2 Å². The van der Waals surface area contributed by atoms with Crippen LogP contribution in [0.5, 0.6) is 0 Å². The van der Waals surface area contributed by atoms with Crippen LogP contribution in [0.2, 0.25) is 5.15 Å². The monoisotopic (exact) mass is 200 g/mol. The molecule has 1 aromatic rings. The van der Waals surface area contributed by atoms with Gasteiger partial charge in [0, 0.05) is 20.3 Å². The van der Waals surface area contributed by atoms with Gasteiger partial charge in [-0.2, -0.15) is 0 Å². The summed E-state index contributed by atoms with van der Waals surface area (Å²) in [5.41, 5.74) is 0. The highest BCUT2D eigenvalue weighted by atomic mass is 35.5. The number of nitrogens with one attached hydrogen (secondary N) is 1. The van der Waals surface area contributed by atoms with Crippen LogP contribution >= 0.6 is 11.6 Å². The van der Waals surface area contributed by atoms with Crippen LogP contribution in [0, 0.1) is 0 Å². The van der Waals surface area contributed by atoms with Crippen molar-refractivity contribution >= 4 is 17.4 Å². The quantitative estimate of drug-likeness (QED) is 0.585. The Morgan fingerprint density at radius 2 is 2.38 bits per heavy atom. The molecule has 0 aliphatic rings. The highest BCUT2D eigenvalue weighted by Gasteiger charge is 1.93. The van der Waals surface area contributed by atoms with E-state index < -0.39 is 0 Å². The SMILES string of the molecule is COCCCNc1cccc(Cl)n1. The zero-order chi connectivity index (χ0) is 9.52. The molecule has 0 unspecified atom stereocenters. The molecule has 1 aromatic heterocycles. The third-order valence-electron chi connectivity index (χ3n) is 1.55. The van der Waals surface area contributed by atoms with Crippen molar-refractivity contribution in [2.24, 2.45) is 0 Å². The van der Waals surface area contributed by atoms with Gasteiger partial charge in [-0.05, 0) is 18.6 Å². The molecule has 3 nitrogen and oxygen atoms in total. The van der Waals surface area contributed by atoms with E-state index in [9.17, 15) is 0 Å². The van der Waals surface area contributed by atoms with E-state index in [0.29, 0.717) is 5.15 Å². The second-order valence-electron chi connectivity index (χ2n) is 2.62. The van der Waals surface area contributed by atoms with Crippen LogP contribution in [0.4, 0.5) is 5.82 Å². The largest absolute Gasteiger partial charge is 0.385 e. The Kier molecular flexibility index (Phi) is 4.57. The standard InChI is InChI=1S/C9H13ClN2O/c1-13-7-3-6-11-9-5-2-4-8(10)12-9/h2,4-5H,3,6-7H2,1H3,(H,11,12). The zero-order valence-electron chi connectivity index (χ0n) is 7.59. The number of hydrogen-bond acceptors (Lipinski definition) is 3. The molecule has 0 aromatic carbocycles. The topological polar surface area (TPSA) is 34.1 Å². The summed E-state index contributed by atoms with van der Waals surface area (Å²) in [5, 5.41) is 3.66. The smallest absolute Gasteiger partial charge is 0.131 e. The van der Waals surface area contributed by atoms with Crippen LogP contribution in [0.25, 0.3) is 0 Å². The fourth-order valence-corrected chi connectivity index (χ4v) is 1.10. The normalized spacial score (nSPS) is 10.0. The third-order valence-corrected chi connectivity index (χ3v) is 1.76. The molecule has 0 bridgehead atoms. The maximum atomic E-state index is 5.71.